The molecule has 1 aromatic heterocycles. The second kappa shape index (κ2) is 6.54. The van der Waals surface area contributed by atoms with Gasteiger partial charge in [0.2, 0.25) is 5.91 Å². The van der Waals surface area contributed by atoms with E-state index in [2.05, 4.69) is 10.4 Å². The molecule has 1 aromatic rings. The van der Waals surface area contributed by atoms with Crippen LogP contribution in [0.5, 0.6) is 0 Å². The molecule has 0 aliphatic rings. The molecule has 0 bridgehead atoms. The lowest BCUT2D eigenvalue weighted by Gasteiger charge is -2.17. The number of aromatic nitrogens is 2. The summed E-state index contributed by atoms with van der Waals surface area (Å²) in [7, 11) is 1.87. The molecule has 1 rings (SSSR count). The Balaban J connectivity index is 2.61. The first-order valence-electron chi connectivity index (χ1n) is 6.75. The first kappa shape index (κ1) is 16.2. The van der Waals surface area contributed by atoms with Crippen molar-refractivity contribution in [1.82, 2.24) is 15.1 Å². The largest absolute Gasteiger partial charge is 0.480 e. The van der Waals surface area contributed by atoms with Crippen LogP contribution in [0.15, 0.2) is 0 Å². The molecular formula is C14H23N3O3. The third-order valence-electron chi connectivity index (χ3n) is 3.51. The number of hydrogen-bond donors (Lipinski definition) is 2. The summed E-state index contributed by atoms with van der Waals surface area (Å²) in [4.78, 5) is 22.9. The zero-order valence-corrected chi connectivity index (χ0v) is 12.7. The summed E-state index contributed by atoms with van der Waals surface area (Å²) in [6.07, 6.45) is 0.839. The van der Waals surface area contributed by atoms with Crippen LogP contribution in [-0.4, -0.2) is 32.8 Å². The van der Waals surface area contributed by atoms with E-state index in [1.54, 1.807) is 18.5 Å². The van der Waals surface area contributed by atoms with E-state index >= 15 is 0 Å². The van der Waals surface area contributed by atoms with Gasteiger partial charge in [0.25, 0.3) is 0 Å². The predicted molar refractivity (Wildman–Crippen MR) is 75.4 cm³/mol. The number of amides is 1. The normalized spacial score (nSPS) is 12.5. The molecule has 2 N–H and O–H groups in total. The molecule has 0 saturated heterocycles. The summed E-state index contributed by atoms with van der Waals surface area (Å²) >= 11 is 0. The second-order valence-electron chi connectivity index (χ2n) is 5.40. The molecule has 0 spiro atoms. The molecule has 1 atom stereocenters. The van der Waals surface area contributed by atoms with Crippen LogP contribution in [0.25, 0.3) is 0 Å². The van der Waals surface area contributed by atoms with Gasteiger partial charge < -0.3 is 10.4 Å². The van der Waals surface area contributed by atoms with Gasteiger partial charge in [-0.1, -0.05) is 13.8 Å². The molecule has 0 aliphatic carbocycles. The van der Waals surface area contributed by atoms with Gasteiger partial charge in [0.1, 0.15) is 6.04 Å². The fourth-order valence-electron chi connectivity index (χ4n) is 2.18. The second-order valence-corrected chi connectivity index (χ2v) is 5.40. The minimum Gasteiger partial charge on any atom is -0.480 e. The van der Waals surface area contributed by atoms with Gasteiger partial charge in [-0.25, -0.2) is 4.79 Å². The first-order chi connectivity index (χ1) is 9.23. The minimum absolute atomic E-state index is 0.140. The molecule has 0 fully saturated rings. The van der Waals surface area contributed by atoms with Gasteiger partial charge in [-0.15, -0.1) is 0 Å². The van der Waals surface area contributed by atoms with Crippen molar-refractivity contribution in [1.29, 1.82) is 0 Å². The van der Waals surface area contributed by atoms with Crippen molar-refractivity contribution in [2.75, 3.05) is 0 Å². The van der Waals surface area contributed by atoms with Crippen molar-refractivity contribution in [3.63, 3.8) is 0 Å². The topological polar surface area (TPSA) is 84.2 Å². The van der Waals surface area contributed by atoms with Crippen LogP contribution in [0.4, 0.5) is 0 Å². The number of carbonyl (C=O) groups is 2. The number of carboxylic acids is 1. The zero-order chi connectivity index (χ0) is 15.4. The highest BCUT2D eigenvalue weighted by atomic mass is 16.4. The maximum Gasteiger partial charge on any atom is 0.326 e. The van der Waals surface area contributed by atoms with Crippen molar-refractivity contribution in [2.24, 2.45) is 13.0 Å². The van der Waals surface area contributed by atoms with Gasteiger partial charge in [-0.05, 0) is 31.7 Å². The lowest BCUT2D eigenvalue weighted by atomic mass is 10.0. The molecule has 0 unspecified atom stereocenters. The van der Waals surface area contributed by atoms with Crippen molar-refractivity contribution in [3.05, 3.63) is 17.0 Å². The van der Waals surface area contributed by atoms with Crippen LogP contribution in [0, 0.1) is 19.8 Å². The van der Waals surface area contributed by atoms with Gasteiger partial charge >= 0.3 is 5.97 Å². The van der Waals surface area contributed by atoms with E-state index in [0.717, 1.165) is 17.0 Å². The average Bonchev–Trinajstić information content (AvgIpc) is 2.57. The van der Waals surface area contributed by atoms with E-state index in [0.29, 0.717) is 6.42 Å². The Morgan fingerprint density at radius 1 is 1.35 bits per heavy atom. The van der Waals surface area contributed by atoms with Gasteiger partial charge in [0.15, 0.2) is 0 Å². The molecule has 6 nitrogen and oxygen atoms in total. The van der Waals surface area contributed by atoms with E-state index in [-0.39, 0.29) is 18.2 Å². The van der Waals surface area contributed by atoms with Crippen LogP contribution in [0.3, 0.4) is 0 Å². The van der Waals surface area contributed by atoms with Gasteiger partial charge in [0, 0.05) is 19.2 Å². The molecule has 6 heteroatoms. The number of carbonyl (C=O) groups excluding carboxylic acids is 1. The Bertz CT molecular complexity index is 506. The van der Waals surface area contributed by atoms with Crippen LogP contribution in [-0.2, 0) is 23.1 Å². The Labute approximate surface area is 119 Å². The molecule has 20 heavy (non-hydrogen) atoms. The number of hydrogen-bond acceptors (Lipinski definition) is 3. The van der Waals surface area contributed by atoms with Crippen molar-refractivity contribution in [3.8, 4) is 0 Å². The van der Waals surface area contributed by atoms with Crippen LogP contribution in [0.2, 0.25) is 0 Å². The Morgan fingerprint density at radius 2 is 1.95 bits per heavy atom. The van der Waals surface area contributed by atoms with Crippen LogP contribution in [0.1, 0.15) is 37.2 Å². The Morgan fingerprint density at radius 3 is 2.35 bits per heavy atom. The predicted octanol–water partition coefficient (Wildman–Crippen LogP) is 1.19. The molecule has 112 valence electrons. The van der Waals surface area contributed by atoms with Gasteiger partial charge in [-0.3, -0.25) is 9.48 Å². The van der Waals surface area contributed by atoms with E-state index in [4.69, 9.17) is 5.11 Å². The number of carboxylic acid groups (broad SMARTS) is 1. The Hall–Kier alpha value is -1.85. The smallest absolute Gasteiger partial charge is 0.326 e. The summed E-state index contributed by atoms with van der Waals surface area (Å²) in [5.41, 5.74) is 3.00. The Kier molecular flexibility index (Phi) is 5.30. The molecule has 0 aliphatic heterocycles. The highest BCUT2D eigenvalue weighted by Gasteiger charge is 2.23. The minimum atomic E-state index is -0.998. The van der Waals surface area contributed by atoms with Crippen LogP contribution < -0.4 is 5.32 Å². The number of rotatable bonds is 6. The third kappa shape index (κ3) is 3.82. The average molecular weight is 281 g/mol. The highest BCUT2D eigenvalue weighted by Crippen LogP contribution is 2.14. The highest BCUT2D eigenvalue weighted by molar-refractivity contribution is 5.83. The molecule has 0 saturated carbocycles. The van der Waals surface area contributed by atoms with E-state index in [9.17, 15) is 9.59 Å². The third-order valence-corrected chi connectivity index (χ3v) is 3.51. The first-order valence-corrected chi connectivity index (χ1v) is 6.75. The fourth-order valence-corrected chi connectivity index (χ4v) is 2.18. The van der Waals surface area contributed by atoms with E-state index in [1.165, 1.54) is 0 Å². The fraction of sp³-hybridized carbons (Fsp3) is 0.643. The maximum absolute atomic E-state index is 11.9. The van der Waals surface area contributed by atoms with Crippen molar-refractivity contribution >= 4 is 11.9 Å². The SMILES string of the molecule is Cc1nn(C)c(C)c1CCC(=O)N[C@@H](C(=O)O)C(C)C. The number of aryl methyl sites for hydroxylation is 2. The summed E-state index contributed by atoms with van der Waals surface area (Å²) < 4.78 is 1.79. The molecule has 1 heterocycles. The van der Waals surface area contributed by atoms with E-state index < -0.39 is 12.0 Å². The van der Waals surface area contributed by atoms with Gasteiger partial charge in [0.05, 0.1) is 5.69 Å². The van der Waals surface area contributed by atoms with Crippen molar-refractivity contribution < 1.29 is 14.7 Å². The summed E-state index contributed by atoms with van der Waals surface area (Å²) in [6.45, 7) is 7.42. The number of nitrogens with zero attached hydrogens (tertiary/aromatic N) is 2. The van der Waals surface area contributed by atoms with Crippen molar-refractivity contribution in [2.45, 2.75) is 46.6 Å². The summed E-state index contributed by atoms with van der Waals surface area (Å²) in [6, 6.07) is -0.835. The molecule has 1 amide bonds. The quantitative estimate of drug-likeness (QED) is 0.820. The lowest BCUT2D eigenvalue weighted by Crippen LogP contribution is -2.44. The molecule has 0 aromatic carbocycles. The summed E-state index contributed by atoms with van der Waals surface area (Å²) in [5.74, 6) is -1.38. The standard InChI is InChI=1S/C14H23N3O3/c1-8(2)13(14(19)20)15-12(18)7-6-11-9(3)16-17(5)10(11)4/h8,13H,6-7H2,1-5H3,(H,15,18)(H,19,20)/t13-/m1/s1. The van der Waals surface area contributed by atoms with Crippen LogP contribution >= 0.6 is 0 Å². The molecular weight excluding hydrogens is 258 g/mol. The molecule has 0 radical (unpaired) electrons. The number of nitrogens with one attached hydrogen (secondary N) is 1. The lowest BCUT2D eigenvalue weighted by molar-refractivity contribution is -0.143. The number of aliphatic carboxylic acids is 1. The van der Waals surface area contributed by atoms with E-state index in [1.807, 2.05) is 20.9 Å². The maximum atomic E-state index is 11.9. The zero-order valence-electron chi connectivity index (χ0n) is 12.7. The van der Waals surface area contributed by atoms with Gasteiger partial charge in [-0.2, -0.15) is 5.10 Å². The summed E-state index contributed by atoms with van der Waals surface area (Å²) in [5, 5.41) is 15.9. The monoisotopic (exact) mass is 281 g/mol.